The van der Waals surface area contributed by atoms with E-state index in [4.69, 9.17) is 39.2 Å². The lowest BCUT2D eigenvalue weighted by Crippen LogP contribution is -2.20. The Balaban J connectivity index is 0.000000759. The molecule has 6 N–H and O–H groups in total. The van der Waals surface area contributed by atoms with Crippen LogP contribution in [0.5, 0.6) is 28.7 Å². The van der Waals surface area contributed by atoms with Crippen molar-refractivity contribution in [1.82, 2.24) is 0 Å². The van der Waals surface area contributed by atoms with Gasteiger partial charge in [0.05, 0.1) is 13.5 Å². The zero-order valence-electron chi connectivity index (χ0n) is 18.8. The minimum Gasteiger partial charge on any atom is -0.508 e. The smallest absolute Gasteiger partial charge is 0.300 e. The van der Waals surface area contributed by atoms with Crippen molar-refractivity contribution in [2.75, 3.05) is 7.11 Å². The summed E-state index contributed by atoms with van der Waals surface area (Å²) in [5, 5.41) is 51.4. The Bertz CT molecular complexity index is 988. The van der Waals surface area contributed by atoms with Crippen molar-refractivity contribution in [2.45, 2.75) is 33.3 Å². The quantitative estimate of drug-likeness (QED) is 0.365. The molecule has 0 saturated carbocycles. The van der Waals surface area contributed by atoms with E-state index in [9.17, 15) is 20.1 Å². The third kappa shape index (κ3) is 10.7. The molecule has 0 unspecified atom stereocenters. The summed E-state index contributed by atoms with van der Waals surface area (Å²) in [5.74, 6) is -2.91. The number of benzene rings is 2. The SMILES string of the molecule is CC(=O)O.CC(=O)O.CC(=O)O.COc1ccc([C@@H]2CC(=O)c3c(O)cc(O)cc3O2)cc1O. The third-order valence-electron chi connectivity index (χ3n) is 3.56. The Labute approximate surface area is 194 Å². The van der Waals surface area contributed by atoms with E-state index < -0.39 is 24.0 Å². The lowest BCUT2D eigenvalue weighted by atomic mass is 9.95. The van der Waals surface area contributed by atoms with Crippen LogP contribution in [0.2, 0.25) is 0 Å². The average Bonchev–Trinajstić information content (AvgIpc) is 2.65. The van der Waals surface area contributed by atoms with Gasteiger partial charge in [-0.1, -0.05) is 6.07 Å². The largest absolute Gasteiger partial charge is 0.508 e. The summed E-state index contributed by atoms with van der Waals surface area (Å²) in [7, 11) is 1.44. The molecule has 2 aromatic carbocycles. The Morgan fingerprint density at radius 2 is 1.38 bits per heavy atom. The molecule has 1 atom stereocenters. The fourth-order valence-electron chi connectivity index (χ4n) is 2.52. The molecule has 3 rings (SSSR count). The van der Waals surface area contributed by atoms with Gasteiger partial charge in [0.2, 0.25) is 0 Å². The fraction of sp³-hybridized carbons (Fsp3) is 0.273. The van der Waals surface area contributed by atoms with Crippen LogP contribution in [-0.4, -0.2) is 61.4 Å². The van der Waals surface area contributed by atoms with Crippen LogP contribution in [0, 0.1) is 0 Å². The second-order valence-electron chi connectivity index (χ2n) is 6.56. The van der Waals surface area contributed by atoms with Crippen molar-refractivity contribution in [2.24, 2.45) is 0 Å². The predicted molar refractivity (Wildman–Crippen MR) is 117 cm³/mol. The third-order valence-corrected chi connectivity index (χ3v) is 3.56. The first-order valence-electron chi connectivity index (χ1n) is 9.40. The van der Waals surface area contributed by atoms with Crippen LogP contribution in [0.4, 0.5) is 0 Å². The average molecular weight is 482 g/mol. The summed E-state index contributed by atoms with van der Waals surface area (Å²) in [4.78, 5) is 39.2. The first kappa shape index (κ1) is 29.5. The van der Waals surface area contributed by atoms with Crippen molar-refractivity contribution in [3.05, 3.63) is 41.5 Å². The molecule has 12 nitrogen and oxygen atoms in total. The van der Waals surface area contributed by atoms with Gasteiger partial charge in [0.15, 0.2) is 17.3 Å². The number of carbonyl (C=O) groups is 4. The van der Waals surface area contributed by atoms with Crippen LogP contribution < -0.4 is 9.47 Å². The number of hydrogen-bond donors (Lipinski definition) is 6. The molecule has 1 heterocycles. The van der Waals surface area contributed by atoms with Crippen LogP contribution in [0.1, 0.15) is 49.2 Å². The molecule has 0 spiro atoms. The van der Waals surface area contributed by atoms with Gasteiger partial charge in [-0.15, -0.1) is 0 Å². The van der Waals surface area contributed by atoms with Crippen molar-refractivity contribution in [3.63, 3.8) is 0 Å². The van der Waals surface area contributed by atoms with Gasteiger partial charge in [-0.2, -0.15) is 0 Å². The number of carboxylic acid groups (broad SMARTS) is 3. The molecule has 0 fully saturated rings. The highest BCUT2D eigenvalue weighted by Crippen LogP contribution is 2.42. The Hall–Kier alpha value is -4.48. The number of phenols is 3. The molecule has 1 aliphatic heterocycles. The minimum atomic E-state index is -0.833. The van der Waals surface area contributed by atoms with E-state index in [1.54, 1.807) is 12.1 Å². The number of carbonyl (C=O) groups excluding carboxylic acids is 1. The monoisotopic (exact) mass is 482 g/mol. The van der Waals surface area contributed by atoms with E-state index >= 15 is 0 Å². The van der Waals surface area contributed by atoms with Gasteiger partial charge < -0.3 is 40.1 Å². The first-order valence-corrected chi connectivity index (χ1v) is 9.40. The summed E-state index contributed by atoms with van der Waals surface area (Å²) in [6.45, 7) is 3.25. The highest BCUT2D eigenvalue weighted by molar-refractivity contribution is 6.02. The molecule has 12 heteroatoms. The van der Waals surface area contributed by atoms with Crippen LogP contribution >= 0.6 is 0 Å². The van der Waals surface area contributed by atoms with Crippen LogP contribution in [0.15, 0.2) is 30.3 Å². The van der Waals surface area contributed by atoms with Crippen molar-refractivity contribution < 1.29 is 59.3 Å². The second kappa shape index (κ2) is 13.8. The molecule has 2 aromatic rings. The maximum atomic E-state index is 12.2. The highest BCUT2D eigenvalue weighted by atomic mass is 16.5. The van der Waals surface area contributed by atoms with Crippen molar-refractivity contribution in [1.29, 1.82) is 0 Å². The number of aliphatic carboxylic acids is 3. The number of aromatic hydroxyl groups is 3. The van der Waals surface area contributed by atoms with E-state index in [0.717, 1.165) is 26.8 Å². The van der Waals surface area contributed by atoms with E-state index in [0.29, 0.717) is 11.3 Å². The molecular formula is C22H26O12. The molecule has 186 valence electrons. The van der Waals surface area contributed by atoms with E-state index in [2.05, 4.69) is 0 Å². The van der Waals surface area contributed by atoms with Gasteiger partial charge >= 0.3 is 0 Å². The summed E-state index contributed by atoms with van der Waals surface area (Å²) in [6, 6.07) is 7.10. The van der Waals surface area contributed by atoms with Crippen LogP contribution in [-0.2, 0) is 14.4 Å². The number of Topliss-reactive ketones (excluding diaryl/α,β-unsaturated/α-hetero) is 1. The van der Waals surface area contributed by atoms with E-state index in [1.165, 1.54) is 19.2 Å². The summed E-state index contributed by atoms with van der Waals surface area (Å²) < 4.78 is 10.7. The minimum absolute atomic E-state index is 0.0249. The van der Waals surface area contributed by atoms with Crippen molar-refractivity contribution >= 4 is 23.7 Å². The summed E-state index contributed by atoms with van der Waals surface area (Å²) >= 11 is 0. The second-order valence-corrected chi connectivity index (χ2v) is 6.56. The van der Waals surface area contributed by atoms with Crippen LogP contribution in [0.3, 0.4) is 0 Å². The maximum Gasteiger partial charge on any atom is 0.300 e. The molecule has 0 saturated heterocycles. The zero-order valence-corrected chi connectivity index (χ0v) is 18.8. The van der Waals surface area contributed by atoms with Gasteiger partial charge in [-0.05, 0) is 17.7 Å². The lowest BCUT2D eigenvalue weighted by Gasteiger charge is -2.26. The van der Waals surface area contributed by atoms with E-state index in [1.807, 2.05) is 0 Å². The number of fused-ring (bicyclic) bond motifs is 1. The van der Waals surface area contributed by atoms with Gasteiger partial charge in [0.1, 0.15) is 28.9 Å². The number of ketones is 1. The molecule has 0 amide bonds. The molecule has 0 radical (unpaired) electrons. The van der Waals surface area contributed by atoms with Gasteiger partial charge in [0.25, 0.3) is 17.9 Å². The number of rotatable bonds is 2. The standard InChI is InChI=1S/C16H14O6.3C2H4O2/c1-21-13-3-2-8(4-10(13)18)14-7-12(20)16-11(19)5-9(17)6-15(16)22-14;3*1-2(3)4/h2-6,14,17-19H,7H2,1H3;3*1H3,(H,3,4)/t14-;;;/m0.../s1. The first-order chi connectivity index (χ1) is 15.7. The molecule has 34 heavy (non-hydrogen) atoms. The number of ether oxygens (including phenoxy) is 2. The van der Waals surface area contributed by atoms with E-state index in [-0.39, 0.29) is 40.8 Å². The normalized spacial score (nSPS) is 13.1. The number of carboxylic acids is 3. The van der Waals surface area contributed by atoms with Crippen molar-refractivity contribution in [3.8, 4) is 28.7 Å². The van der Waals surface area contributed by atoms with Gasteiger partial charge in [-0.25, -0.2) is 0 Å². The summed E-state index contributed by atoms with van der Waals surface area (Å²) in [5.41, 5.74) is 0.659. The van der Waals surface area contributed by atoms with Crippen LogP contribution in [0.25, 0.3) is 0 Å². The molecule has 0 aromatic heterocycles. The topological polar surface area (TPSA) is 208 Å². The number of hydrogen-bond acceptors (Lipinski definition) is 9. The number of methoxy groups -OCH3 is 1. The molecule has 1 aliphatic rings. The Morgan fingerprint density at radius 1 is 0.882 bits per heavy atom. The molecule has 0 bridgehead atoms. The Morgan fingerprint density at radius 3 is 1.82 bits per heavy atom. The molecule has 0 aliphatic carbocycles. The number of phenolic OH excluding ortho intramolecular Hbond substituents is 3. The predicted octanol–water partition coefficient (Wildman–Crippen LogP) is 2.79. The maximum absolute atomic E-state index is 12.2. The lowest BCUT2D eigenvalue weighted by molar-refractivity contribution is -0.135. The fourth-order valence-corrected chi connectivity index (χ4v) is 2.52. The Kier molecular flexibility index (Phi) is 12.0. The summed E-state index contributed by atoms with van der Waals surface area (Å²) in [6.07, 6.45) is -0.588. The molecular weight excluding hydrogens is 456 g/mol. The van der Waals surface area contributed by atoms with Gasteiger partial charge in [-0.3, -0.25) is 19.2 Å². The van der Waals surface area contributed by atoms with Gasteiger partial charge in [0, 0.05) is 32.9 Å². The zero-order chi connectivity index (χ0) is 26.6. The highest BCUT2D eigenvalue weighted by Gasteiger charge is 2.31.